The van der Waals surface area contributed by atoms with Gasteiger partial charge < -0.3 is 9.40 Å². The van der Waals surface area contributed by atoms with Gasteiger partial charge >= 0.3 is 0 Å². The van der Waals surface area contributed by atoms with Crippen LogP contribution >= 0.6 is 0 Å². The van der Waals surface area contributed by atoms with E-state index in [0.717, 1.165) is 17.7 Å². The van der Waals surface area contributed by atoms with Crippen LogP contribution in [0.25, 0.3) is 0 Å². The molecule has 2 rings (SSSR count). The number of aryl methyl sites for hydroxylation is 1. The Morgan fingerprint density at radius 1 is 1.12 bits per heavy atom. The number of fused-ring (bicyclic) bond motifs is 1. The van der Waals surface area contributed by atoms with Gasteiger partial charge in [0.05, 0.1) is 0 Å². The van der Waals surface area contributed by atoms with E-state index < -0.39 is 8.24 Å². The molecule has 4 nitrogen and oxygen atoms in total. The molecule has 0 saturated heterocycles. The molecule has 0 saturated carbocycles. The number of nitrogens with zero attached hydrogens (tertiary/aromatic N) is 2. The number of anilines is 1. The first-order valence-corrected chi connectivity index (χ1v) is 12.5. The highest BCUT2D eigenvalue weighted by atomic mass is 28.3. The van der Waals surface area contributed by atoms with E-state index in [4.69, 9.17) is 4.84 Å². The van der Waals surface area contributed by atoms with Crippen LogP contribution in [-0.4, -0.2) is 26.5 Å². The summed E-state index contributed by atoms with van der Waals surface area (Å²) in [6.45, 7) is 11.1. The standard InChI is InChI=1S/C19H30N2O2Si/c1-6-8-9-10-11-15-12-13-17-16(14-15)18(20-23-7-2)19(22)21(17)24(3,4)5/h12-14H,6-11H2,1-5H3/b20-18-. The minimum Gasteiger partial charge on any atom is -0.395 e. The lowest BCUT2D eigenvalue weighted by molar-refractivity contribution is -0.111. The molecule has 0 atom stereocenters. The quantitative estimate of drug-likeness (QED) is 0.388. The number of carbonyl (C=O) groups is 1. The van der Waals surface area contributed by atoms with Crippen molar-refractivity contribution in [3.05, 3.63) is 29.3 Å². The van der Waals surface area contributed by atoms with Gasteiger partial charge in [-0.15, -0.1) is 0 Å². The second kappa shape index (κ2) is 7.97. The van der Waals surface area contributed by atoms with Crippen molar-refractivity contribution >= 4 is 25.5 Å². The lowest BCUT2D eigenvalue weighted by Gasteiger charge is -2.30. The fourth-order valence-electron chi connectivity index (χ4n) is 3.09. The van der Waals surface area contributed by atoms with Gasteiger partial charge in [0.15, 0.2) is 13.9 Å². The number of carbonyl (C=O) groups excluding carboxylic acids is 1. The largest absolute Gasteiger partial charge is 0.395 e. The van der Waals surface area contributed by atoms with Crippen molar-refractivity contribution in [1.29, 1.82) is 0 Å². The van der Waals surface area contributed by atoms with Gasteiger partial charge in [0, 0.05) is 11.3 Å². The monoisotopic (exact) mass is 346 g/mol. The smallest absolute Gasteiger partial charge is 0.273 e. The number of unbranched alkanes of at least 4 members (excludes halogenated alkanes) is 3. The van der Waals surface area contributed by atoms with Crippen LogP contribution in [0.5, 0.6) is 0 Å². The van der Waals surface area contributed by atoms with Crippen LogP contribution in [0.2, 0.25) is 19.6 Å². The molecule has 0 aliphatic carbocycles. The lowest BCUT2D eigenvalue weighted by atomic mass is 10.0. The molecule has 0 aromatic heterocycles. The summed E-state index contributed by atoms with van der Waals surface area (Å²) in [6.07, 6.45) is 6.03. The Balaban J connectivity index is 2.32. The number of rotatable bonds is 8. The molecule has 0 bridgehead atoms. The zero-order valence-corrected chi connectivity index (χ0v) is 16.7. The summed E-state index contributed by atoms with van der Waals surface area (Å²) in [5.74, 6) is -0.0132. The molecule has 1 amide bonds. The molecule has 0 fully saturated rings. The van der Waals surface area contributed by atoms with Crippen molar-refractivity contribution < 1.29 is 9.63 Å². The van der Waals surface area contributed by atoms with Crippen LogP contribution in [0.4, 0.5) is 5.69 Å². The molecule has 1 heterocycles. The third-order valence-corrected chi connectivity index (χ3v) is 6.02. The topological polar surface area (TPSA) is 41.9 Å². The summed E-state index contributed by atoms with van der Waals surface area (Å²) in [7, 11) is -1.83. The van der Waals surface area contributed by atoms with E-state index in [1.165, 1.54) is 31.2 Å². The minimum absolute atomic E-state index is 0.0132. The molecule has 0 radical (unpaired) electrons. The van der Waals surface area contributed by atoms with Crippen molar-refractivity contribution in [1.82, 2.24) is 0 Å². The first-order chi connectivity index (χ1) is 11.4. The van der Waals surface area contributed by atoms with E-state index in [9.17, 15) is 4.79 Å². The van der Waals surface area contributed by atoms with Crippen molar-refractivity contribution in [3.8, 4) is 0 Å². The highest BCUT2D eigenvalue weighted by Crippen LogP contribution is 2.34. The van der Waals surface area contributed by atoms with Crippen molar-refractivity contribution in [2.24, 2.45) is 5.16 Å². The van der Waals surface area contributed by atoms with Crippen LogP contribution in [0, 0.1) is 0 Å². The zero-order valence-electron chi connectivity index (χ0n) is 15.7. The summed E-state index contributed by atoms with van der Waals surface area (Å²) in [6, 6.07) is 6.39. The van der Waals surface area contributed by atoms with E-state index in [1.54, 1.807) is 0 Å². The SMILES string of the molecule is CCCCCCc1ccc2c(c1)/C(=N/OCC)C(=O)N2[Si](C)(C)C. The molecule has 1 aromatic rings. The molecule has 5 heteroatoms. The van der Waals surface area contributed by atoms with E-state index >= 15 is 0 Å². The molecule has 0 unspecified atom stereocenters. The summed E-state index contributed by atoms with van der Waals surface area (Å²) in [5.41, 5.74) is 3.67. The first-order valence-electron chi connectivity index (χ1n) is 9.08. The second-order valence-corrected chi connectivity index (χ2v) is 12.1. The van der Waals surface area contributed by atoms with Crippen molar-refractivity contribution in [2.45, 2.75) is 65.6 Å². The summed E-state index contributed by atoms with van der Waals surface area (Å²) in [5, 5.41) is 4.13. The van der Waals surface area contributed by atoms with Gasteiger partial charge in [-0.3, -0.25) is 4.79 Å². The number of hydrogen-bond acceptors (Lipinski definition) is 3. The van der Waals surface area contributed by atoms with Crippen LogP contribution in [0.3, 0.4) is 0 Å². The Hall–Kier alpha value is -1.62. The van der Waals surface area contributed by atoms with E-state index in [-0.39, 0.29) is 5.91 Å². The van der Waals surface area contributed by atoms with E-state index in [1.807, 2.05) is 11.5 Å². The van der Waals surface area contributed by atoms with Gasteiger partial charge in [0.2, 0.25) is 0 Å². The fraction of sp³-hybridized carbons (Fsp3) is 0.579. The maximum absolute atomic E-state index is 12.9. The Morgan fingerprint density at radius 3 is 2.50 bits per heavy atom. The highest BCUT2D eigenvalue weighted by Gasteiger charge is 2.41. The number of oxime groups is 1. The molecule has 1 aromatic carbocycles. The third-order valence-electron chi connectivity index (χ3n) is 4.24. The molecular formula is C19H30N2O2Si. The summed E-state index contributed by atoms with van der Waals surface area (Å²) in [4.78, 5) is 18.1. The molecular weight excluding hydrogens is 316 g/mol. The Bertz CT molecular complexity index is 620. The molecule has 0 spiro atoms. The molecule has 24 heavy (non-hydrogen) atoms. The summed E-state index contributed by atoms with van der Waals surface area (Å²) < 4.78 is 1.96. The summed E-state index contributed by atoms with van der Waals surface area (Å²) >= 11 is 0. The van der Waals surface area contributed by atoms with E-state index in [0.29, 0.717) is 12.3 Å². The predicted octanol–water partition coefficient (Wildman–Crippen LogP) is 4.73. The fourth-order valence-corrected chi connectivity index (χ4v) is 4.73. The number of amides is 1. The molecule has 1 aliphatic heterocycles. The van der Waals surface area contributed by atoms with Gasteiger partial charge in [0.25, 0.3) is 5.91 Å². The maximum atomic E-state index is 12.9. The normalized spacial score (nSPS) is 16.0. The Morgan fingerprint density at radius 2 is 1.88 bits per heavy atom. The van der Waals surface area contributed by atoms with Gasteiger partial charge in [0.1, 0.15) is 6.61 Å². The van der Waals surface area contributed by atoms with Gasteiger partial charge in [-0.1, -0.05) is 57.0 Å². The van der Waals surface area contributed by atoms with E-state index in [2.05, 4.69) is 49.9 Å². The molecule has 132 valence electrons. The Labute approximate surface area is 147 Å². The lowest BCUT2D eigenvalue weighted by Crippen LogP contribution is -2.49. The average Bonchev–Trinajstić information content (AvgIpc) is 2.80. The number of hydrogen-bond donors (Lipinski definition) is 0. The van der Waals surface area contributed by atoms with Gasteiger partial charge in [-0.05, 0) is 37.5 Å². The second-order valence-electron chi connectivity index (χ2n) is 7.33. The van der Waals surface area contributed by atoms with Crippen LogP contribution in [0.15, 0.2) is 23.4 Å². The third kappa shape index (κ3) is 4.07. The predicted molar refractivity (Wildman–Crippen MR) is 103 cm³/mol. The highest BCUT2D eigenvalue weighted by molar-refractivity contribution is 6.87. The van der Waals surface area contributed by atoms with Crippen molar-refractivity contribution in [3.63, 3.8) is 0 Å². The first kappa shape index (κ1) is 18.7. The maximum Gasteiger partial charge on any atom is 0.273 e. The number of benzene rings is 1. The average molecular weight is 347 g/mol. The van der Waals surface area contributed by atoms with Crippen molar-refractivity contribution in [2.75, 3.05) is 11.2 Å². The van der Waals surface area contributed by atoms with Gasteiger partial charge in [-0.2, -0.15) is 0 Å². The minimum atomic E-state index is -1.83. The molecule has 0 N–H and O–H groups in total. The zero-order chi connectivity index (χ0) is 17.7. The van der Waals surface area contributed by atoms with Crippen LogP contribution in [-0.2, 0) is 16.1 Å². The van der Waals surface area contributed by atoms with Gasteiger partial charge in [-0.25, -0.2) is 0 Å². The Kier molecular flexibility index (Phi) is 6.21. The van der Waals surface area contributed by atoms with Crippen LogP contribution < -0.4 is 4.57 Å². The molecule has 1 aliphatic rings. The van der Waals surface area contributed by atoms with Crippen LogP contribution in [0.1, 0.15) is 50.7 Å².